The fraction of sp³-hybridized carbons (Fsp3) is 0.920. The second kappa shape index (κ2) is 6.32. The molecule has 0 aromatic carbocycles. The van der Waals surface area contributed by atoms with Crippen molar-refractivity contribution in [2.24, 2.45) is 39.4 Å². The summed E-state index contributed by atoms with van der Waals surface area (Å²) in [5.41, 5.74) is 0.708. The summed E-state index contributed by atoms with van der Waals surface area (Å²) in [5, 5.41) is 0. The number of Topliss-reactive ketones (excluding diaryl/α,β-unsaturated/α-hetero) is 1. The summed E-state index contributed by atoms with van der Waals surface area (Å²) in [7, 11) is 0. The molecule has 4 rings (SSSR count). The van der Waals surface area contributed by atoms with Gasteiger partial charge in [0.25, 0.3) is 0 Å². The lowest BCUT2D eigenvalue weighted by atomic mass is 9.34. The maximum atomic E-state index is 12.8. The number of ketones is 1. The molecule has 0 spiro atoms. The third-order valence-corrected chi connectivity index (χ3v) is 10.6. The Morgan fingerprint density at radius 1 is 0.893 bits per heavy atom. The standard InChI is InChI=1S/C25H40O3/c1-16(26)28-21-12-14-23(4)19(22(21,2)3)11-15-25(6)20(23)10-9-17-18(27)8-7-13-24(17,25)5/h17,19-21H,7-15H2,1-6H3/t17?,19?,20?,21-,23-,24+,25+/m0/s1. The van der Waals surface area contributed by atoms with Gasteiger partial charge in [-0.25, -0.2) is 0 Å². The van der Waals surface area contributed by atoms with Crippen LogP contribution in [0.4, 0.5) is 0 Å². The average molecular weight is 389 g/mol. The lowest BCUT2D eigenvalue weighted by molar-refractivity contribution is -0.231. The Hall–Kier alpha value is -0.860. The zero-order chi connectivity index (χ0) is 20.5. The van der Waals surface area contributed by atoms with Gasteiger partial charge in [-0.05, 0) is 79.4 Å². The van der Waals surface area contributed by atoms with Gasteiger partial charge >= 0.3 is 5.97 Å². The molecule has 0 bridgehead atoms. The minimum atomic E-state index is -0.143. The van der Waals surface area contributed by atoms with Crippen molar-refractivity contribution in [3.05, 3.63) is 0 Å². The number of ether oxygens (including phenoxy) is 1. The SMILES string of the molecule is CC(=O)O[C@H]1CC[C@@]2(C)C(CC[C@]3(C)C2CCC2C(=O)CCC[C@]23C)C1(C)C. The molecule has 3 unspecified atom stereocenters. The summed E-state index contributed by atoms with van der Waals surface area (Å²) in [4.78, 5) is 24.5. The van der Waals surface area contributed by atoms with Gasteiger partial charge in [-0.3, -0.25) is 9.59 Å². The molecule has 0 aromatic rings. The Labute approximate surface area is 171 Å². The normalized spacial score (nSPS) is 50.1. The van der Waals surface area contributed by atoms with E-state index in [0.717, 1.165) is 32.1 Å². The molecule has 158 valence electrons. The van der Waals surface area contributed by atoms with Crippen molar-refractivity contribution in [1.29, 1.82) is 0 Å². The monoisotopic (exact) mass is 388 g/mol. The van der Waals surface area contributed by atoms with E-state index in [0.29, 0.717) is 17.6 Å². The van der Waals surface area contributed by atoms with E-state index in [4.69, 9.17) is 4.74 Å². The largest absolute Gasteiger partial charge is 0.462 e. The molecule has 0 radical (unpaired) electrons. The van der Waals surface area contributed by atoms with Crippen LogP contribution < -0.4 is 0 Å². The van der Waals surface area contributed by atoms with Crippen LogP contribution in [0, 0.1) is 39.4 Å². The van der Waals surface area contributed by atoms with E-state index < -0.39 is 0 Å². The van der Waals surface area contributed by atoms with Gasteiger partial charge in [-0.1, -0.05) is 34.6 Å². The molecule has 3 heteroatoms. The van der Waals surface area contributed by atoms with E-state index in [1.54, 1.807) is 6.92 Å². The summed E-state index contributed by atoms with van der Waals surface area (Å²) in [6, 6.07) is 0. The molecule has 3 nitrogen and oxygen atoms in total. The smallest absolute Gasteiger partial charge is 0.302 e. The zero-order valence-corrected chi connectivity index (χ0v) is 18.9. The first-order valence-electron chi connectivity index (χ1n) is 11.7. The third-order valence-electron chi connectivity index (χ3n) is 10.6. The molecule has 0 amide bonds. The minimum absolute atomic E-state index is 0.0140. The quantitative estimate of drug-likeness (QED) is 0.522. The summed E-state index contributed by atoms with van der Waals surface area (Å²) in [5.74, 6) is 1.93. The fourth-order valence-corrected chi connectivity index (χ4v) is 9.10. The predicted molar refractivity (Wildman–Crippen MR) is 111 cm³/mol. The van der Waals surface area contributed by atoms with Crippen LogP contribution in [-0.2, 0) is 14.3 Å². The van der Waals surface area contributed by atoms with Crippen molar-refractivity contribution in [2.75, 3.05) is 0 Å². The number of carbonyl (C=O) groups excluding carboxylic acids is 2. The molecule has 0 aliphatic heterocycles. The van der Waals surface area contributed by atoms with E-state index in [1.165, 1.54) is 25.7 Å². The number of rotatable bonds is 1. The van der Waals surface area contributed by atoms with Gasteiger partial charge in [0.2, 0.25) is 0 Å². The van der Waals surface area contributed by atoms with Crippen molar-refractivity contribution in [1.82, 2.24) is 0 Å². The third kappa shape index (κ3) is 2.53. The highest BCUT2D eigenvalue weighted by atomic mass is 16.5. The molecule has 0 heterocycles. The van der Waals surface area contributed by atoms with Crippen molar-refractivity contribution in [2.45, 2.75) is 105 Å². The van der Waals surface area contributed by atoms with E-state index in [9.17, 15) is 9.59 Å². The summed E-state index contributed by atoms with van der Waals surface area (Å²) in [6.45, 7) is 13.8. The van der Waals surface area contributed by atoms with Gasteiger partial charge in [0.1, 0.15) is 11.9 Å². The Morgan fingerprint density at radius 3 is 2.29 bits per heavy atom. The van der Waals surface area contributed by atoms with Crippen LogP contribution >= 0.6 is 0 Å². The molecule has 0 saturated heterocycles. The van der Waals surface area contributed by atoms with Gasteiger partial charge in [0, 0.05) is 24.7 Å². The van der Waals surface area contributed by atoms with Gasteiger partial charge in [0.05, 0.1) is 0 Å². The van der Waals surface area contributed by atoms with E-state index in [2.05, 4.69) is 34.6 Å². The maximum Gasteiger partial charge on any atom is 0.302 e. The molecule has 4 aliphatic carbocycles. The molecular formula is C25H40O3. The fourth-order valence-electron chi connectivity index (χ4n) is 9.10. The molecule has 0 N–H and O–H groups in total. The summed E-state index contributed by atoms with van der Waals surface area (Å²) in [6.07, 6.45) is 9.97. The van der Waals surface area contributed by atoms with Gasteiger partial charge in [0.15, 0.2) is 0 Å². The van der Waals surface area contributed by atoms with Crippen LogP contribution in [0.15, 0.2) is 0 Å². The predicted octanol–water partition coefficient (Wildman–Crippen LogP) is 5.95. The first-order chi connectivity index (χ1) is 13.0. The Kier molecular flexibility index (Phi) is 4.61. The second-order valence-corrected chi connectivity index (χ2v) is 11.9. The highest BCUT2D eigenvalue weighted by Crippen LogP contribution is 2.73. The van der Waals surface area contributed by atoms with Crippen molar-refractivity contribution in [3.63, 3.8) is 0 Å². The van der Waals surface area contributed by atoms with Gasteiger partial charge in [-0.15, -0.1) is 0 Å². The lowest BCUT2D eigenvalue weighted by Gasteiger charge is -2.70. The van der Waals surface area contributed by atoms with Crippen LogP contribution in [0.2, 0.25) is 0 Å². The van der Waals surface area contributed by atoms with Crippen molar-refractivity contribution in [3.8, 4) is 0 Å². The van der Waals surface area contributed by atoms with Crippen LogP contribution in [0.1, 0.15) is 99.3 Å². The number of hydrogen-bond acceptors (Lipinski definition) is 3. The molecule has 4 aliphatic rings. The molecule has 4 saturated carbocycles. The molecular weight excluding hydrogens is 348 g/mol. The summed E-state index contributed by atoms with van der Waals surface area (Å²) >= 11 is 0. The van der Waals surface area contributed by atoms with E-state index in [1.807, 2.05) is 0 Å². The molecule has 0 aromatic heterocycles. The number of hydrogen-bond donors (Lipinski definition) is 0. The maximum absolute atomic E-state index is 12.8. The molecule has 4 fully saturated rings. The Bertz CT molecular complexity index is 681. The molecule has 28 heavy (non-hydrogen) atoms. The van der Waals surface area contributed by atoms with E-state index >= 15 is 0 Å². The van der Waals surface area contributed by atoms with Gasteiger partial charge < -0.3 is 4.74 Å². The highest BCUT2D eigenvalue weighted by molar-refractivity contribution is 5.83. The van der Waals surface area contributed by atoms with Crippen molar-refractivity contribution >= 4 is 11.8 Å². The first kappa shape index (κ1) is 20.4. The highest BCUT2D eigenvalue weighted by Gasteiger charge is 2.68. The van der Waals surface area contributed by atoms with E-state index in [-0.39, 0.29) is 39.7 Å². The average Bonchev–Trinajstić information content (AvgIpc) is 2.58. The van der Waals surface area contributed by atoms with Crippen LogP contribution in [0.25, 0.3) is 0 Å². The summed E-state index contributed by atoms with van der Waals surface area (Å²) < 4.78 is 5.80. The topological polar surface area (TPSA) is 43.4 Å². The van der Waals surface area contributed by atoms with Crippen molar-refractivity contribution < 1.29 is 14.3 Å². The van der Waals surface area contributed by atoms with Crippen LogP contribution in [0.5, 0.6) is 0 Å². The Balaban J connectivity index is 1.70. The Morgan fingerprint density at radius 2 is 1.61 bits per heavy atom. The molecule has 7 atom stereocenters. The zero-order valence-electron chi connectivity index (χ0n) is 18.9. The number of fused-ring (bicyclic) bond motifs is 5. The number of esters is 1. The van der Waals surface area contributed by atoms with Gasteiger partial charge in [-0.2, -0.15) is 0 Å². The second-order valence-electron chi connectivity index (χ2n) is 11.9. The number of carbonyl (C=O) groups is 2. The minimum Gasteiger partial charge on any atom is -0.462 e. The first-order valence-corrected chi connectivity index (χ1v) is 11.7. The van der Waals surface area contributed by atoms with Crippen LogP contribution in [0.3, 0.4) is 0 Å². The lowest BCUT2D eigenvalue weighted by Crippen LogP contribution is -2.65. The van der Waals surface area contributed by atoms with Crippen LogP contribution in [-0.4, -0.2) is 17.9 Å².